The highest BCUT2D eigenvalue weighted by Gasteiger charge is 2.30. The molecule has 4 nitrogen and oxygen atoms in total. The smallest absolute Gasteiger partial charge is 0.416 e. The van der Waals surface area contributed by atoms with Crippen molar-refractivity contribution in [1.29, 1.82) is 0 Å². The lowest BCUT2D eigenvalue weighted by Gasteiger charge is -2.12. The van der Waals surface area contributed by atoms with Gasteiger partial charge in [0.05, 0.1) is 5.56 Å². The Morgan fingerprint density at radius 2 is 1.39 bits per heavy atom. The molecule has 0 aliphatic rings. The summed E-state index contributed by atoms with van der Waals surface area (Å²) in [6.07, 6.45) is -5.15. The van der Waals surface area contributed by atoms with Gasteiger partial charge in [0, 0.05) is 0 Å². The number of ether oxygens (including phenoxy) is 2. The molecule has 7 heteroatoms. The molecule has 2 aromatic carbocycles. The van der Waals surface area contributed by atoms with E-state index in [9.17, 15) is 18.0 Å². The second-order valence-corrected chi connectivity index (χ2v) is 4.76. The van der Waals surface area contributed by atoms with Gasteiger partial charge in [0.15, 0.2) is 6.10 Å². The predicted molar refractivity (Wildman–Crippen MR) is 77.2 cm³/mol. The molecule has 2 rings (SSSR count). The van der Waals surface area contributed by atoms with Gasteiger partial charge in [-0.25, -0.2) is 0 Å². The van der Waals surface area contributed by atoms with Crippen LogP contribution in [0.2, 0.25) is 0 Å². The van der Waals surface area contributed by atoms with Crippen LogP contribution in [0.5, 0.6) is 17.2 Å². The minimum atomic E-state index is -4.38. The maximum Gasteiger partial charge on any atom is 0.416 e. The molecule has 0 bridgehead atoms. The van der Waals surface area contributed by atoms with Crippen molar-refractivity contribution in [2.24, 2.45) is 5.73 Å². The van der Waals surface area contributed by atoms with E-state index in [1.807, 2.05) is 0 Å². The third kappa shape index (κ3) is 4.64. The van der Waals surface area contributed by atoms with Crippen molar-refractivity contribution in [3.05, 3.63) is 54.1 Å². The van der Waals surface area contributed by atoms with E-state index in [4.69, 9.17) is 15.2 Å². The number of hydrogen-bond acceptors (Lipinski definition) is 3. The second kappa shape index (κ2) is 6.60. The molecule has 0 saturated heterocycles. The van der Waals surface area contributed by atoms with Gasteiger partial charge in [-0.1, -0.05) is 0 Å². The first-order chi connectivity index (χ1) is 10.8. The number of halogens is 3. The van der Waals surface area contributed by atoms with Crippen LogP contribution in [0.3, 0.4) is 0 Å². The number of primary amides is 1. The molecule has 1 atom stereocenters. The van der Waals surface area contributed by atoms with Crippen LogP contribution in [0, 0.1) is 0 Å². The Balaban J connectivity index is 2.02. The number of carbonyl (C=O) groups is 1. The Morgan fingerprint density at radius 1 is 0.957 bits per heavy atom. The summed E-state index contributed by atoms with van der Waals surface area (Å²) in [5.74, 6) is 0.534. The summed E-state index contributed by atoms with van der Waals surface area (Å²) in [5.41, 5.74) is 4.35. The molecule has 2 N–H and O–H groups in total. The molecule has 0 aliphatic heterocycles. The van der Waals surface area contributed by atoms with Gasteiger partial charge in [0.2, 0.25) is 0 Å². The molecule has 0 aliphatic carbocycles. The molecule has 0 spiro atoms. The Morgan fingerprint density at radius 3 is 1.83 bits per heavy atom. The number of nitrogens with two attached hydrogens (primary N) is 1. The lowest BCUT2D eigenvalue weighted by molar-refractivity contribution is -0.137. The standard InChI is InChI=1S/C16H14F3NO3/c1-10(15(20)21)22-12-6-8-14(9-7-12)23-13-4-2-11(3-5-13)16(17,18)19/h2-10H,1H3,(H2,20,21). The minimum absolute atomic E-state index is 0.275. The molecule has 0 aromatic heterocycles. The zero-order chi connectivity index (χ0) is 17.0. The van der Waals surface area contributed by atoms with Gasteiger partial charge in [-0.05, 0) is 55.5 Å². The second-order valence-electron chi connectivity index (χ2n) is 4.76. The Kier molecular flexibility index (Phi) is 4.78. The van der Waals surface area contributed by atoms with Crippen molar-refractivity contribution in [1.82, 2.24) is 0 Å². The topological polar surface area (TPSA) is 61.6 Å². The molecular formula is C16H14F3NO3. The fourth-order valence-corrected chi connectivity index (χ4v) is 1.70. The largest absolute Gasteiger partial charge is 0.481 e. The molecular weight excluding hydrogens is 311 g/mol. The van der Waals surface area contributed by atoms with Crippen molar-refractivity contribution in [2.75, 3.05) is 0 Å². The third-order valence-electron chi connectivity index (χ3n) is 2.95. The van der Waals surface area contributed by atoms with E-state index in [1.165, 1.54) is 19.1 Å². The van der Waals surface area contributed by atoms with E-state index in [-0.39, 0.29) is 5.75 Å². The summed E-state index contributed by atoms with van der Waals surface area (Å²) < 4.78 is 48.1. The summed E-state index contributed by atoms with van der Waals surface area (Å²) in [5, 5.41) is 0. The third-order valence-corrected chi connectivity index (χ3v) is 2.95. The van der Waals surface area contributed by atoms with Gasteiger partial charge < -0.3 is 15.2 Å². The molecule has 0 fully saturated rings. The van der Waals surface area contributed by atoms with Crippen LogP contribution in [0.15, 0.2) is 48.5 Å². The number of benzene rings is 2. The van der Waals surface area contributed by atoms with Gasteiger partial charge in [0.25, 0.3) is 5.91 Å². The normalized spacial score (nSPS) is 12.5. The average molecular weight is 325 g/mol. The summed E-state index contributed by atoms with van der Waals surface area (Å²) in [6, 6.07) is 10.6. The van der Waals surface area contributed by atoms with Gasteiger partial charge >= 0.3 is 6.18 Å². The van der Waals surface area contributed by atoms with E-state index in [2.05, 4.69) is 0 Å². The quantitative estimate of drug-likeness (QED) is 0.911. The summed E-state index contributed by atoms with van der Waals surface area (Å²) in [6.45, 7) is 1.52. The summed E-state index contributed by atoms with van der Waals surface area (Å²) in [7, 11) is 0. The van der Waals surface area contributed by atoms with Crippen LogP contribution in [0.4, 0.5) is 13.2 Å². The zero-order valence-electron chi connectivity index (χ0n) is 12.1. The van der Waals surface area contributed by atoms with Crippen LogP contribution in [0.1, 0.15) is 12.5 Å². The maximum atomic E-state index is 12.5. The first-order valence-electron chi connectivity index (χ1n) is 6.67. The van der Waals surface area contributed by atoms with Crippen LogP contribution in [0.25, 0.3) is 0 Å². The molecule has 0 radical (unpaired) electrons. The number of hydrogen-bond donors (Lipinski definition) is 1. The highest BCUT2D eigenvalue weighted by Crippen LogP contribution is 2.31. The van der Waals surface area contributed by atoms with Gasteiger partial charge in [-0.2, -0.15) is 13.2 Å². The Bertz CT molecular complexity index is 666. The van der Waals surface area contributed by atoms with Crippen LogP contribution < -0.4 is 15.2 Å². The zero-order valence-corrected chi connectivity index (χ0v) is 12.1. The number of rotatable bonds is 5. The van der Waals surface area contributed by atoms with Crippen LogP contribution in [-0.2, 0) is 11.0 Å². The van der Waals surface area contributed by atoms with Gasteiger partial charge in [-0.15, -0.1) is 0 Å². The SMILES string of the molecule is CC(Oc1ccc(Oc2ccc(C(F)(F)F)cc2)cc1)C(N)=O. The minimum Gasteiger partial charge on any atom is -0.481 e. The molecule has 0 saturated carbocycles. The highest BCUT2D eigenvalue weighted by molar-refractivity contribution is 5.78. The lowest BCUT2D eigenvalue weighted by Crippen LogP contribution is -2.30. The van der Waals surface area contributed by atoms with Crippen molar-refractivity contribution < 1.29 is 27.4 Å². The Labute approximate surface area is 130 Å². The maximum absolute atomic E-state index is 12.5. The van der Waals surface area contributed by atoms with E-state index in [0.29, 0.717) is 11.5 Å². The molecule has 1 amide bonds. The van der Waals surface area contributed by atoms with Crippen molar-refractivity contribution in [3.8, 4) is 17.2 Å². The number of amides is 1. The van der Waals surface area contributed by atoms with Crippen molar-refractivity contribution >= 4 is 5.91 Å². The fourth-order valence-electron chi connectivity index (χ4n) is 1.70. The summed E-state index contributed by atoms with van der Waals surface area (Å²) in [4.78, 5) is 10.9. The number of alkyl halides is 3. The molecule has 0 heterocycles. The van der Waals surface area contributed by atoms with Gasteiger partial charge in [-0.3, -0.25) is 4.79 Å². The van der Waals surface area contributed by atoms with Crippen LogP contribution >= 0.6 is 0 Å². The lowest BCUT2D eigenvalue weighted by atomic mass is 10.2. The predicted octanol–water partition coefficient (Wildman–Crippen LogP) is 3.75. The highest BCUT2D eigenvalue weighted by atomic mass is 19.4. The van der Waals surface area contributed by atoms with Crippen molar-refractivity contribution in [2.45, 2.75) is 19.2 Å². The van der Waals surface area contributed by atoms with Gasteiger partial charge in [0.1, 0.15) is 17.2 Å². The monoisotopic (exact) mass is 325 g/mol. The molecule has 122 valence electrons. The first-order valence-corrected chi connectivity index (χ1v) is 6.67. The number of carbonyl (C=O) groups excluding carboxylic acids is 1. The summed E-state index contributed by atoms with van der Waals surface area (Å²) >= 11 is 0. The van der Waals surface area contributed by atoms with E-state index < -0.39 is 23.8 Å². The Hall–Kier alpha value is -2.70. The molecule has 2 aromatic rings. The molecule has 1 unspecified atom stereocenters. The van der Waals surface area contributed by atoms with E-state index >= 15 is 0 Å². The molecule has 23 heavy (non-hydrogen) atoms. The van der Waals surface area contributed by atoms with Crippen LogP contribution in [-0.4, -0.2) is 12.0 Å². The average Bonchev–Trinajstić information content (AvgIpc) is 2.49. The first kappa shape index (κ1) is 16.7. The van der Waals surface area contributed by atoms with E-state index in [1.54, 1.807) is 24.3 Å². The van der Waals surface area contributed by atoms with Crippen molar-refractivity contribution in [3.63, 3.8) is 0 Å². The van der Waals surface area contributed by atoms with E-state index in [0.717, 1.165) is 12.1 Å². The fraction of sp³-hybridized carbons (Fsp3) is 0.188.